The van der Waals surface area contributed by atoms with Crippen molar-refractivity contribution in [1.29, 1.82) is 0 Å². The molecule has 1 unspecified atom stereocenters. The molecule has 0 bridgehead atoms. The zero-order chi connectivity index (χ0) is 13.5. The molecule has 0 fully saturated rings. The lowest BCUT2D eigenvalue weighted by Crippen LogP contribution is -2.21. The van der Waals surface area contributed by atoms with Crippen LogP contribution in [0.2, 0.25) is 0 Å². The van der Waals surface area contributed by atoms with Crippen LogP contribution >= 0.6 is 0 Å². The first-order valence-electron chi connectivity index (χ1n) is 6.60. The largest absolute Gasteiger partial charge is 0.373 e. The molecule has 1 aromatic heterocycles. The summed E-state index contributed by atoms with van der Waals surface area (Å²) in [5, 5.41) is 3.38. The molecule has 102 valence electrons. The molecule has 0 aromatic carbocycles. The predicted molar refractivity (Wildman–Crippen MR) is 73.2 cm³/mol. The smallest absolute Gasteiger partial charge is 0.157 e. The summed E-state index contributed by atoms with van der Waals surface area (Å²) in [6.07, 6.45) is 1.78. The van der Waals surface area contributed by atoms with Gasteiger partial charge in [-0.05, 0) is 24.4 Å². The van der Waals surface area contributed by atoms with Gasteiger partial charge in [-0.1, -0.05) is 27.7 Å². The number of hydrogen-bond acceptors (Lipinski definition) is 4. The van der Waals surface area contributed by atoms with Gasteiger partial charge in [-0.25, -0.2) is 9.97 Å². The lowest BCUT2D eigenvalue weighted by Gasteiger charge is -2.18. The van der Waals surface area contributed by atoms with Crippen LogP contribution in [0.15, 0.2) is 12.3 Å². The Morgan fingerprint density at radius 1 is 1.28 bits per heavy atom. The molecule has 1 rings (SSSR count). The topological polar surface area (TPSA) is 47.0 Å². The highest BCUT2D eigenvalue weighted by Crippen LogP contribution is 2.21. The average molecular weight is 251 g/mol. The van der Waals surface area contributed by atoms with Crippen LogP contribution in [0.3, 0.4) is 0 Å². The maximum atomic E-state index is 5.45. The number of nitrogens with one attached hydrogen (secondary N) is 1. The third-order valence-electron chi connectivity index (χ3n) is 2.70. The molecular formula is C14H25N3O. The van der Waals surface area contributed by atoms with Crippen molar-refractivity contribution in [3.8, 4) is 0 Å². The molecule has 1 aromatic rings. The minimum Gasteiger partial charge on any atom is -0.373 e. The minimum atomic E-state index is -0.0324. The van der Waals surface area contributed by atoms with Gasteiger partial charge in [0.1, 0.15) is 6.10 Å². The lowest BCUT2D eigenvalue weighted by molar-refractivity contribution is 0.0572. The standard InChI is InChI=1S/C14H25N3O/c1-10(2)8-15-9-12-6-7-16-14(17-12)13(18-5)11(3)4/h6-7,10-11,13,15H,8-9H2,1-5H3. The number of nitrogens with zero attached hydrogens (tertiary/aromatic N) is 2. The summed E-state index contributed by atoms with van der Waals surface area (Å²) < 4.78 is 5.45. The van der Waals surface area contributed by atoms with E-state index in [0.29, 0.717) is 11.8 Å². The van der Waals surface area contributed by atoms with Crippen LogP contribution in [0.1, 0.15) is 45.3 Å². The summed E-state index contributed by atoms with van der Waals surface area (Å²) in [6, 6.07) is 1.95. The van der Waals surface area contributed by atoms with Crippen molar-refractivity contribution in [2.24, 2.45) is 11.8 Å². The average Bonchev–Trinajstić information content (AvgIpc) is 2.29. The van der Waals surface area contributed by atoms with Gasteiger partial charge < -0.3 is 10.1 Å². The van der Waals surface area contributed by atoms with Crippen LogP contribution in [0, 0.1) is 11.8 Å². The Bertz CT molecular complexity index is 353. The molecule has 18 heavy (non-hydrogen) atoms. The molecule has 4 heteroatoms. The van der Waals surface area contributed by atoms with E-state index in [1.807, 2.05) is 12.3 Å². The van der Waals surface area contributed by atoms with Crippen LogP contribution in [-0.4, -0.2) is 23.6 Å². The van der Waals surface area contributed by atoms with Gasteiger partial charge in [-0.3, -0.25) is 0 Å². The summed E-state index contributed by atoms with van der Waals surface area (Å²) in [5.74, 6) is 1.79. The van der Waals surface area contributed by atoms with Gasteiger partial charge in [0.25, 0.3) is 0 Å². The molecular weight excluding hydrogens is 226 g/mol. The SMILES string of the molecule is COC(c1nccc(CNCC(C)C)n1)C(C)C. The van der Waals surface area contributed by atoms with Crippen LogP contribution < -0.4 is 5.32 Å². The lowest BCUT2D eigenvalue weighted by atomic mass is 10.1. The van der Waals surface area contributed by atoms with Crippen molar-refractivity contribution in [3.63, 3.8) is 0 Å². The van der Waals surface area contributed by atoms with Crippen LogP contribution in [0.25, 0.3) is 0 Å². The molecule has 0 aliphatic heterocycles. The predicted octanol–water partition coefficient (Wildman–Crippen LogP) is 2.57. The number of methoxy groups -OCH3 is 1. The van der Waals surface area contributed by atoms with Crippen molar-refractivity contribution >= 4 is 0 Å². The minimum absolute atomic E-state index is 0.0324. The van der Waals surface area contributed by atoms with Crippen molar-refractivity contribution in [1.82, 2.24) is 15.3 Å². The van der Waals surface area contributed by atoms with Gasteiger partial charge in [0.15, 0.2) is 5.82 Å². The molecule has 0 amide bonds. The van der Waals surface area contributed by atoms with E-state index in [9.17, 15) is 0 Å². The van der Waals surface area contributed by atoms with Crippen LogP contribution in [0.5, 0.6) is 0 Å². The quantitative estimate of drug-likeness (QED) is 0.809. The molecule has 0 aliphatic rings. The van der Waals surface area contributed by atoms with Crippen molar-refractivity contribution in [2.45, 2.75) is 40.3 Å². The van der Waals surface area contributed by atoms with E-state index in [2.05, 4.69) is 43.0 Å². The highest BCUT2D eigenvalue weighted by atomic mass is 16.5. The zero-order valence-electron chi connectivity index (χ0n) is 12.1. The molecule has 0 radical (unpaired) electrons. The first kappa shape index (κ1) is 15.1. The maximum Gasteiger partial charge on any atom is 0.157 e. The Morgan fingerprint density at radius 3 is 2.56 bits per heavy atom. The van der Waals surface area contributed by atoms with E-state index in [1.165, 1.54) is 0 Å². The molecule has 1 heterocycles. The fraction of sp³-hybridized carbons (Fsp3) is 0.714. The van der Waals surface area contributed by atoms with Gasteiger partial charge in [-0.2, -0.15) is 0 Å². The number of ether oxygens (including phenoxy) is 1. The Labute approximate surface area is 110 Å². The summed E-state index contributed by atoms with van der Waals surface area (Å²) in [6.45, 7) is 10.4. The monoisotopic (exact) mass is 251 g/mol. The molecule has 0 saturated carbocycles. The van der Waals surface area contributed by atoms with E-state index >= 15 is 0 Å². The Hall–Kier alpha value is -1.00. The molecule has 1 atom stereocenters. The molecule has 1 N–H and O–H groups in total. The van der Waals surface area contributed by atoms with Gasteiger partial charge >= 0.3 is 0 Å². The van der Waals surface area contributed by atoms with Crippen LogP contribution in [-0.2, 0) is 11.3 Å². The molecule has 0 spiro atoms. The number of aromatic nitrogens is 2. The first-order valence-corrected chi connectivity index (χ1v) is 6.60. The van der Waals surface area contributed by atoms with Gasteiger partial charge in [0.05, 0.1) is 5.69 Å². The highest BCUT2D eigenvalue weighted by Gasteiger charge is 2.17. The van der Waals surface area contributed by atoms with Crippen molar-refractivity contribution < 1.29 is 4.74 Å². The molecule has 0 aliphatic carbocycles. The van der Waals surface area contributed by atoms with E-state index < -0.39 is 0 Å². The summed E-state index contributed by atoms with van der Waals surface area (Å²) in [7, 11) is 1.71. The van der Waals surface area contributed by atoms with Gasteiger partial charge in [0.2, 0.25) is 0 Å². The summed E-state index contributed by atoms with van der Waals surface area (Å²) in [4.78, 5) is 8.87. The summed E-state index contributed by atoms with van der Waals surface area (Å²) >= 11 is 0. The third kappa shape index (κ3) is 4.70. The zero-order valence-corrected chi connectivity index (χ0v) is 12.1. The van der Waals surface area contributed by atoms with Crippen molar-refractivity contribution in [3.05, 3.63) is 23.8 Å². The second-order valence-electron chi connectivity index (χ2n) is 5.33. The highest BCUT2D eigenvalue weighted by molar-refractivity contribution is 5.04. The fourth-order valence-corrected chi connectivity index (χ4v) is 1.81. The first-order chi connectivity index (χ1) is 8.54. The normalized spacial score (nSPS) is 13.3. The van der Waals surface area contributed by atoms with E-state index in [1.54, 1.807) is 7.11 Å². The fourth-order valence-electron chi connectivity index (χ4n) is 1.81. The maximum absolute atomic E-state index is 5.45. The van der Waals surface area contributed by atoms with Gasteiger partial charge in [0, 0.05) is 19.9 Å². The Kier molecular flexibility index (Phi) is 6.22. The second kappa shape index (κ2) is 7.44. The molecule has 0 saturated heterocycles. The number of hydrogen-bond donors (Lipinski definition) is 1. The second-order valence-corrected chi connectivity index (χ2v) is 5.33. The van der Waals surface area contributed by atoms with Crippen LogP contribution in [0.4, 0.5) is 0 Å². The van der Waals surface area contributed by atoms with E-state index in [4.69, 9.17) is 4.74 Å². The number of rotatable bonds is 7. The van der Waals surface area contributed by atoms with Crippen molar-refractivity contribution in [2.75, 3.05) is 13.7 Å². The van der Waals surface area contributed by atoms with E-state index in [-0.39, 0.29) is 6.10 Å². The Morgan fingerprint density at radius 2 is 2.00 bits per heavy atom. The van der Waals surface area contributed by atoms with E-state index in [0.717, 1.165) is 24.6 Å². The summed E-state index contributed by atoms with van der Waals surface area (Å²) in [5.41, 5.74) is 1.02. The molecule has 4 nitrogen and oxygen atoms in total. The Balaban J connectivity index is 2.66. The third-order valence-corrected chi connectivity index (χ3v) is 2.70. The van der Waals surface area contributed by atoms with Gasteiger partial charge in [-0.15, -0.1) is 0 Å².